The maximum absolute atomic E-state index is 14.3. The molecule has 0 saturated heterocycles. The Labute approximate surface area is 141 Å². The van der Waals surface area contributed by atoms with E-state index in [1.807, 2.05) is 0 Å². The third-order valence-corrected chi connectivity index (χ3v) is 4.02. The molecule has 0 N–H and O–H groups in total. The van der Waals surface area contributed by atoms with Gasteiger partial charge in [0.1, 0.15) is 0 Å². The van der Waals surface area contributed by atoms with E-state index >= 15 is 0 Å². The van der Waals surface area contributed by atoms with E-state index in [1.165, 1.54) is 0 Å². The van der Waals surface area contributed by atoms with Crippen LogP contribution < -0.4 is 0 Å². The average molecular weight is 351 g/mol. The maximum atomic E-state index is 14.3. The van der Waals surface area contributed by atoms with Gasteiger partial charge in [0.05, 0.1) is 0 Å². The highest BCUT2D eigenvalue weighted by Gasteiger charge is 2.28. The second-order valence-electron chi connectivity index (χ2n) is 5.28. The second-order valence-corrected chi connectivity index (χ2v) is 5.71. The average Bonchev–Trinajstić information content (AvgIpc) is 2.59. The zero-order valence-electron chi connectivity index (χ0n) is 12.2. The molecule has 3 rings (SSSR count). The van der Waals surface area contributed by atoms with Crippen molar-refractivity contribution in [2.24, 2.45) is 0 Å². The number of benzene rings is 3. The largest absolute Gasteiger partial charge is 0.204 e. The quantitative estimate of drug-likeness (QED) is 0.305. The van der Waals surface area contributed by atoms with E-state index in [1.54, 1.807) is 54.6 Å². The minimum absolute atomic E-state index is 0.206. The molecule has 5 heteroatoms. The van der Waals surface area contributed by atoms with Gasteiger partial charge in [0.2, 0.25) is 0 Å². The number of hydrogen-bond donors (Lipinski definition) is 0. The van der Waals surface area contributed by atoms with E-state index in [-0.39, 0.29) is 6.07 Å². The van der Waals surface area contributed by atoms with E-state index in [2.05, 4.69) is 0 Å². The van der Waals surface area contributed by atoms with Crippen molar-refractivity contribution in [1.29, 1.82) is 0 Å². The molecular formula is C19H11ClF4. The monoisotopic (exact) mass is 350 g/mol. The summed E-state index contributed by atoms with van der Waals surface area (Å²) >= 11 is 5.85. The fourth-order valence-electron chi connectivity index (χ4n) is 2.67. The van der Waals surface area contributed by atoms with Gasteiger partial charge in [-0.3, -0.25) is 0 Å². The van der Waals surface area contributed by atoms with Crippen molar-refractivity contribution in [2.45, 2.75) is 5.92 Å². The predicted molar refractivity (Wildman–Crippen MR) is 85.1 cm³/mol. The van der Waals surface area contributed by atoms with Crippen LogP contribution in [-0.2, 0) is 0 Å². The maximum Gasteiger partial charge on any atom is 0.166 e. The second kappa shape index (κ2) is 6.65. The molecule has 0 radical (unpaired) electrons. The van der Waals surface area contributed by atoms with Crippen LogP contribution in [0.15, 0.2) is 60.7 Å². The van der Waals surface area contributed by atoms with Gasteiger partial charge in [-0.15, -0.1) is 0 Å². The molecule has 1 unspecified atom stereocenters. The Morgan fingerprint density at radius 3 is 1.71 bits per heavy atom. The molecule has 0 aliphatic rings. The summed E-state index contributed by atoms with van der Waals surface area (Å²) in [6, 6.07) is 14.8. The van der Waals surface area contributed by atoms with Gasteiger partial charge in [-0.05, 0) is 23.3 Å². The van der Waals surface area contributed by atoms with Crippen LogP contribution in [0.2, 0.25) is 5.02 Å². The van der Waals surface area contributed by atoms with E-state index in [4.69, 9.17) is 11.6 Å². The summed E-state index contributed by atoms with van der Waals surface area (Å²) in [5.74, 6) is -6.68. The molecule has 3 aromatic carbocycles. The van der Waals surface area contributed by atoms with E-state index in [0.717, 1.165) is 0 Å². The molecule has 24 heavy (non-hydrogen) atoms. The van der Waals surface area contributed by atoms with E-state index in [9.17, 15) is 17.6 Å². The molecular weight excluding hydrogens is 340 g/mol. The molecule has 0 aromatic heterocycles. The lowest BCUT2D eigenvalue weighted by molar-refractivity contribution is 0.437. The van der Waals surface area contributed by atoms with Crippen LogP contribution in [0.25, 0.3) is 0 Å². The van der Waals surface area contributed by atoms with Crippen LogP contribution in [0.3, 0.4) is 0 Å². The van der Waals surface area contributed by atoms with Crippen molar-refractivity contribution >= 4 is 11.6 Å². The lowest BCUT2D eigenvalue weighted by Gasteiger charge is -2.20. The molecule has 0 spiro atoms. The Kier molecular flexibility index (Phi) is 4.58. The number of hydrogen-bond acceptors (Lipinski definition) is 0. The molecule has 0 bridgehead atoms. The highest BCUT2D eigenvalue weighted by molar-refractivity contribution is 6.30. The SMILES string of the molecule is Fc1cc(F)c(F)c(C(c2ccccc2)c2ccc(Cl)cc2)c1F. The molecule has 0 aliphatic carbocycles. The summed E-state index contributed by atoms with van der Waals surface area (Å²) in [5, 5.41) is 0.442. The van der Waals surface area contributed by atoms with Crippen LogP contribution >= 0.6 is 11.6 Å². The third kappa shape index (κ3) is 3.02. The molecule has 0 heterocycles. The van der Waals surface area contributed by atoms with Gasteiger partial charge in [-0.25, -0.2) is 17.6 Å². The van der Waals surface area contributed by atoms with Crippen LogP contribution in [0.1, 0.15) is 22.6 Å². The Morgan fingerprint density at radius 2 is 1.17 bits per heavy atom. The lowest BCUT2D eigenvalue weighted by atomic mass is 9.84. The van der Waals surface area contributed by atoms with Crippen molar-refractivity contribution in [3.63, 3.8) is 0 Å². The first kappa shape index (κ1) is 16.5. The topological polar surface area (TPSA) is 0 Å². The van der Waals surface area contributed by atoms with Crippen LogP contribution in [0.5, 0.6) is 0 Å². The van der Waals surface area contributed by atoms with Gasteiger partial charge in [0, 0.05) is 22.6 Å². The minimum Gasteiger partial charge on any atom is -0.204 e. The highest BCUT2D eigenvalue weighted by Crippen LogP contribution is 2.37. The molecule has 1 atom stereocenters. The zero-order valence-corrected chi connectivity index (χ0v) is 13.0. The molecule has 0 saturated carbocycles. The predicted octanol–water partition coefficient (Wildman–Crippen LogP) is 6.08. The Morgan fingerprint density at radius 1 is 0.667 bits per heavy atom. The molecule has 3 aromatic rings. The molecule has 0 aliphatic heterocycles. The fourth-order valence-corrected chi connectivity index (χ4v) is 2.80. The van der Waals surface area contributed by atoms with Gasteiger partial charge in [0.15, 0.2) is 23.3 Å². The van der Waals surface area contributed by atoms with Crippen LogP contribution in [-0.4, -0.2) is 0 Å². The summed E-state index contributed by atoms with van der Waals surface area (Å²) in [6.45, 7) is 0. The number of halogens is 5. The normalized spacial score (nSPS) is 12.2. The molecule has 122 valence electrons. The standard InChI is InChI=1S/C19H11ClF4/c20-13-8-6-12(7-9-13)16(11-4-2-1-3-5-11)17-18(23)14(21)10-15(22)19(17)24/h1-10,16H. The summed E-state index contributed by atoms with van der Waals surface area (Å²) in [7, 11) is 0. The van der Waals surface area contributed by atoms with Crippen molar-refractivity contribution in [2.75, 3.05) is 0 Å². The summed E-state index contributed by atoms with van der Waals surface area (Å²) < 4.78 is 56.0. The highest BCUT2D eigenvalue weighted by atomic mass is 35.5. The first-order valence-corrected chi connectivity index (χ1v) is 7.50. The molecule has 0 nitrogen and oxygen atoms in total. The Bertz CT molecular complexity index is 835. The molecule has 0 fully saturated rings. The zero-order chi connectivity index (χ0) is 17.3. The lowest BCUT2D eigenvalue weighted by Crippen LogP contribution is -2.11. The van der Waals surface area contributed by atoms with Crippen molar-refractivity contribution in [3.8, 4) is 0 Å². The van der Waals surface area contributed by atoms with Crippen LogP contribution in [0.4, 0.5) is 17.6 Å². The molecule has 0 amide bonds. The van der Waals surface area contributed by atoms with Crippen LogP contribution in [0, 0.1) is 23.3 Å². The van der Waals surface area contributed by atoms with E-state index < -0.39 is 34.8 Å². The first-order valence-electron chi connectivity index (χ1n) is 7.12. The summed E-state index contributed by atoms with van der Waals surface area (Å²) in [4.78, 5) is 0. The van der Waals surface area contributed by atoms with Crippen molar-refractivity contribution in [3.05, 3.63) is 106 Å². The van der Waals surface area contributed by atoms with Crippen molar-refractivity contribution < 1.29 is 17.6 Å². The first-order chi connectivity index (χ1) is 11.5. The Hall–Kier alpha value is -2.33. The van der Waals surface area contributed by atoms with Crippen molar-refractivity contribution in [1.82, 2.24) is 0 Å². The third-order valence-electron chi connectivity index (χ3n) is 3.77. The summed E-state index contributed by atoms with van der Waals surface area (Å²) in [6.07, 6.45) is 0. The number of rotatable bonds is 3. The van der Waals surface area contributed by atoms with E-state index in [0.29, 0.717) is 16.1 Å². The van der Waals surface area contributed by atoms with Gasteiger partial charge in [0.25, 0.3) is 0 Å². The fraction of sp³-hybridized carbons (Fsp3) is 0.0526. The Balaban J connectivity index is 2.29. The summed E-state index contributed by atoms with van der Waals surface area (Å²) in [5.41, 5.74) is 0.303. The van der Waals surface area contributed by atoms with Gasteiger partial charge in [-0.2, -0.15) is 0 Å². The van der Waals surface area contributed by atoms with Gasteiger partial charge < -0.3 is 0 Å². The minimum atomic E-state index is -1.43. The van der Waals surface area contributed by atoms with Gasteiger partial charge >= 0.3 is 0 Å². The van der Waals surface area contributed by atoms with Gasteiger partial charge in [-0.1, -0.05) is 54.1 Å². The smallest absolute Gasteiger partial charge is 0.166 e.